The van der Waals surface area contributed by atoms with Gasteiger partial charge in [0, 0.05) is 11.9 Å². The van der Waals surface area contributed by atoms with Crippen molar-refractivity contribution in [3.05, 3.63) is 41.0 Å². The third-order valence-electron chi connectivity index (χ3n) is 2.60. The highest BCUT2D eigenvalue weighted by atomic mass is 16.4. The molecule has 0 fully saturated rings. The standard InChI is InChI=1S/C12H12N4O3/c1-6-10(7(2)16-15-6)11(17)14-9-3-8(12(18)19)4-13-5-9/h3-5H,1-2H3,(H,14,17)(H,15,16)(H,18,19). The van der Waals surface area contributed by atoms with E-state index in [4.69, 9.17) is 5.11 Å². The third-order valence-corrected chi connectivity index (χ3v) is 2.60. The highest BCUT2D eigenvalue weighted by Gasteiger charge is 2.16. The molecule has 1 amide bonds. The van der Waals surface area contributed by atoms with Gasteiger partial charge >= 0.3 is 5.97 Å². The summed E-state index contributed by atoms with van der Waals surface area (Å²) in [5.41, 5.74) is 2.01. The molecule has 7 nitrogen and oxygen atoms in total. The van der Waals surface area contributed by atoms with E-state index < -0.39 is 5.97 Å². The summed E-state index contributed by atoms with van der Waals surface area (Å²) in [6.07, 6.45) is 2.60. The molecular formula is C12H12N4O3. The number of nitrogens with one attached hydrogen (secondary N) is 2. The zero-order valence-electron chi connectivity index (χ0n) is 10.4. The molecule has 0 bridgehead atoms. The first-order chi connectivity index (χ1) is 8.99. The topological polar surface area (TPSA) is 108 Å². The summed E-state index contributed by atoms with van der Waals surface area (Å²) in [7, 11) is 0. The average Bonchev–Trinajstić information content (AvgIpc) is 2.69. The summed E-state index contributed by atoms with van der Waals surface area (Å²) in [5, 5.41) is 18.1. The van der Waals surface area contributed by atoms with Crippen LogP contribution in [-0.2, 0) is 0 Å². The second-order valence-electron chi connectivity index (χ2n) is 4.03. The number of hydrogen-bond acceptors (Lipinski definition) is 4. The Morgan fingerprint density at radius 1 is 1.32 bits per heavy atom. The molecule has 0 unspecified atom stereocenters. The molecule has 2 rings (SSSR count). The molecule has 3 N–H and O–H groups in total. The molecule has 0 atom stereocenters. The van der Waals surface area contributed by atoms with Crippen molar-refractivity contribution in [1.29, 1.82) is 0 Å². The number of amides is 1. The molecule has 0 aromatic carbocycles. The van der Waals surface area contributed by atoms with Crippen molar-refractivity contribution >= 4 is 17.6 Å². The average molecular weight is 260 g/mol. The van der Waals surface area contributed by atoms with E-state index in [0.717, 1.165) is 0 Å². The van der Waals surface area contributed by atoms with E-state index in [0.29, 0.717) is 22.6 Å². The van der Waals surface area contributed by atoms with Gasteiger partial charge in [-0.1, -0.05) is 0 Å². The maximum atomic E-state index is 12.1. The molecule has 0 spiro atoms. The summed E-state index contributed by atoms with van der Waals surface area (Å²) in [4.78, 5) is 26.6. The molecule has 0 aliphatic carbocycles. The zero-order valence-corrected chi connectivity index (χ0v) is 10.4. The fourth-order valence-corrected chi connectivity index (χ4v) is 1.70. The second kappa shape index (κ2) is 4.89. The van der Waals surface area contributed by atoms with E-state index in [9.17, 15) is 9.59 Å². The smallest absolute Gasteiger partial charge is 0.337 e. The van der Waals surface area contributed by atoms with Gasteiger partial charge in [0.25, 0.3) is 5.91 Å². The van der Waals surface area contributed by atoms with Crippen molar-refractivity contribution in [1.82, 2.24) is 15.2 Å². The van der Waals surface area contributed by atoms with Crippen LogP contribution in [0.2, 0.25) is 0 Å². The van der Waals surface area contributed by atoms with Crippen molar-refractivity contribution in [3.63, 3.8) is 0 Å². The van der Waals surface area contributed by atoms with Gasteiger partial charge in [-0.25, -0.2) is 4.79 Å². The van der Waals surface area contributed by atoms with Gasteiger partial charge in [0.05, 0.1) is 28.7 Å². The number of rotatable bonds is 3. The van der Waals surface area contributed by atoms with Crippen LogP contribution in [0.25, 0.3) is 0 Å². The quantitative estimate of drug-likeness (QED) is 0.772. The predicted molar refractivity (Wildman–Crippen MR) is 67.2 cm³/mol. The number of H-pyrrole nitrogens is 1. The molecule has 2 aromatic heterocycles. The number of aromatic nitrogens is 3. The SMILES string of the molecule is Cc1n[nH]c(C)c1C(=O)Nc1cncc(C(=O)O)c1. The fraction of sp³-hybridized carbons (Fsp3) is 0.167. The molecule has 0 aliphatic heterocycles. The van der Waals surface area contributed by atoms with Gasteiger partial charge in [0.1, 0.15) is 0 Å². The van der Waals surface area contributed by atoms with Crippen molar-refractivity contribution in [2.45, 2.75) is 13.8 Å². The minimum absolute atomic E-state index is 0.0124. The summed E-state index contributed by atoms with van der Waals surface area (Å²) < 4.78 is 0. The summed E-state index contributed by atoms with van der Waals surface area (Å²) in [6.45, 7) is 3.45. The molecule has 0 saturated heterocycles. The van der Waals surface area contributed by atoms with E-state index in [-0.39, 0.29) is 11.5 Å². The summed E-state index contributed by atoms with van der Waals surface area (Å²) >= 11 is 0. The van der Waals surface area contributed by atoms with Crippen molar-refractivity contribution < 1.29 is 14.7 Å². The van der Waals surface area contributed by atoms with Gasteiger partial charge < -0.3 is 10.4 Å². The Hall–Kier alpha value is -2.70. The Kier molecular flexibility index (Phi) is 3.28. The minimum Gasteiger partial charge on any atom is -0.478 e. The lowest BCUT2D eigenvalue weighted by atomic mass is 10.2. The Balaban J connectivity index is 2.24. The number of aromatic amines is 1. The third kappa shape index (κ3) is 2.59. The van der Waals surface area contributed by atoms with Crippen LogP contribution in [0.1, 0.15) is 32.1 Å². The lowest BCUT2D eigenvalue weighted by molar-refractivity contribution is 0.0696. The summed E-state index contributed by atoms with van der Waals surface area (Å²) in [5.74, 6) is -1.45. The van der Waals surface area contributed by atoms with Crippen LogP contribution in [-0.4, -0.2) is 32.2 Å². The molecule has 0 saturated carbocycles. The number of aryl methyl sites for hydroxylation is 2. The second-order valence-corrected chi connectivity index (χ2v) is 4.03. The van der Waals surface area contributed by atoms with Crippen molar-refractivity contribution in [3.8, 4) is 0 Å². The van der Waals surface area contributed by atoms with E-state index in [2.05, 4.69) is 20.5 Å². The Bertz CT molecular complexity index is 629. The lowest BCUT2D eigenvalue weighted by Gasteiger charge is -2.05. The van der Waals surface area contributed by atoms with Crippen molar-refractivity contribution in [2.75, 3.05) is 5.32 Å². The molecule has 0 radical (unpaired) electrons. The number of hydrogen-bond donors (Lipinski definition) is 3. The monoisotopic (exact) mass is 260 g/mol. The number of carbonyl (C=O) groups excluding carboxylic acids is 1. The Morgan fingerprint density at radius 3 is 2.63 bits per heavy atom. The van der Waals surface area contributed by atoms with Gasteiger partial charge in [0.2, 0.25) is 0 Å². The van der Waals surface area contributed by atoms with E-state index in [1.54, 1.807) is 13.8 Å². The Morgan fingerprint density at radius 2 is 2.05 bits per heavy atom. The number of anilines is 1. The fourth-order valence-electron chi connectivity index (χ4n) is 1.70. The molecule has 2 heterocycles. The number of carboxylic acids is 1. The highest BCUT2D eigenvalue weighted by molar-refractivity contribution is 6.06. The first-order valence-electron chi connectivity index (χ1n) is 5.50. The van der Waals surface area contributed by atoms with Crippen LogP contribution in [0.15, 0.2) is 18.5 Å². The van der Waals surface area contributed by atoms with Gasteiger partial charge in [-0.2, -0.15) is 5.10 Å². The van der Waals surface area contributed by atoms with Gasteiger partial charge in [0.15, 0.2) is 0 Å². The van der Waals surface area contributed by atoms with Gasteiger partial charge in [-0.05, 0) is 19.9 Å². The van der Waals surface area contributed by atoms with Crippen LogP contribution in [0, 0.1) is 13.8 Å². The van der Waals surface area contributed by atoms with Gasteiger partial charge in [-0.3, -0.25) is 14.9 Å². The largest absolute Gasteiger partial charge is 0.478 e. The Labute approximate surface area is 108 Å². The van der Waals surface area contributed by atoms with Crippen LogP contribution in [0.3, 0.4) is 0 Å². The highest BCUT2D eigenvalue weighted by Crippen LogP contribution is 2.14. The van der Waals surface area contributed by atoms with E-state index in [1.165, 1.54) is 18.5 Å². The number of pyridine rings is 1. The van der Waals surface area contributed by atoms with E-state index >= 15 is 0 Å². The number of carboxylic acid groups (broad SMARTS) is 1. The number of carbonyl (C=O) groups is 2. The molecular weight excluding hydrogens is 248 g/mol. The van der Waals surface area contributed by atoms with Gasteiger partial charge in [-0.15, -0.1) is 0 Å². The maximum Gasteiger partial charge on any atom is 0.337 e. The first kappa shape index (κ1) is 12.7. The summed E-state index contributed by atoms with van der Waals surface area (Å²) in [6, 6.07) is 1.35. The molecule has 7 heteroatoms. The molecule has 98 valence electrons. The minimum atomic E-state index is -1.10. The lowest BCUT2D eigenvalue weighted by Crippen LogP contribution is -2.14. The number of aromatic carboxylic acids is 1. The number of nitrogens with zero attached hydrogens (tertiary/aromatic N) is 2. The van der Waals surface area contributed by atoms with E-state index in [1.807, 2.05) is 0 Å². The zero-order chi connectivity index (χ0) is 14.0. The maximum absolute atomic E-state index is 12.1. The molecule has 19 heavy (non-hydrogen) atoms. The van der Waals surface area contributed by atoms with Crippen LogP contribution in [0.5, 0.6) is 0 Å². The van der Waals surface area contributed by atoms with Crippen molar-refractivity contribution in [2.24, 2.45) is 0 Å². The van der Waals surface area contributed by atoms with Crippen LogP contribution >= 0.6 is 0 Å². The molecule has 0 aliphatic rings. The van der Waals surface area contributed by atoms with Crippen LogP contribution < -0.4 is 5.32 Å². The van der Waals surface area contributed by atoms with Crippen LogP contribution in [0.4, 0.5) is 5.69 Å². The molecule has 2 aromatic rings. The normalized spacial score (nSPS) is 10.2. The predicted octanol–water partition coefficient (Wildman–Crippen LogP) is 1.37. The first-order valence-corrected chi connectivity index (χ1v) is 5.50.